The van der Waals surface area contributed by atoms with Gasteiger partial charge in [-0.25, -0.2) is 0 Å². The van der Waals surface area contributed by atoms with Gasteiger partial charge in [0.25, 0.3) is 5.91 Å². The zero-order chi connectivity index (χ0) is 16.5. The first kappa shape index (κ1) is 15.1. The molecule has 0 saturated heterocycles. The van der Waals surface area contributed by atoms with E-state index >= 15 is 0 Å². The van der Waals surface area contributed by atoms with Crippen LogP contribution in [0.1, 0.15) is 15.9 Å². The average Bonchev–Trinajstić information content (AvgIpc) is 3.11. The molecule has 118 valence electrons. The predicted octanol–water partition coefficient (Wildman–Crippen LogP) is 4.50. The Hall–Kier alpha value is -2.46. The molecule has 1 heterocycles. The number of amidine groups is 1. The minimum atomic E-state index is -0.00770. The molecule has 24 heavy (non-hydrogen) atoms. The number of carbonyl (C=O) groups excluding carboxylic acids is 1. The normalized spacial score (nSPS) is 14.0. The number of fused-ring (bicyclic) bond motifs is 1. The predicted molar refractivity (Wildman–Crippen MR) is 101 cm³/mol. The van der Waals surface area contributed by atoms with Crippen LogP contribution < -0.4 is 0 Å². The number of benzene rings is 3. The van der Waals surface area contributed by atoms with Crippen LogP contribution in [-0.2, 0) is 0 Å². The standard InChI is InChI=1S/C20H15BrN2O/c21-16-10-8-15(9-11-16)20(24)23-13-12-22-19(23)18-7-3-5-14-4-1-2-6-17(14)18/h1-11H,12-13H2. The topological polar surface area (TPSA) is 32.7 Å². The Balaban J connectivity index is 1.75. The first-order valence-corrected chi connectivity index (χ1v) is 8.63. The third kappa shape index (κ3) is 2.63. The van der Waals surface area contributed by atoms with Crippen molar-refractivity contribution >= 4 is 38.4 Å². The molecule has 1 aliphatic rings. The molecule has 4 heteroatoms. The van der Waals surface area contributed by atoms with E-state index in [1.807, 2.05) is 48.5 Å². The lowest BCUT2D eigenvalue weighted by Gasteiger charge is -2.19. The maximum atomic E-state index is 12.9. The highest BCUT2D eigenvalue weighted by atomic mass is 79.9. The van der Waals surface area contributed by atoms with Crippen molar-refractivity contribution < 1.29 is 4.79 Å². The molecule has 0 saturated carbocycles. The van der Waals surface area contributed by atoms with Crippen LogP contribution in [0.3, 0.4) is 0 Å². The summed E-state index contributed by atoms with van der Waals surface area (Å²) in [7, 11) is 0. The summed E-state index contributed by atoms with van der Waals surface area (Å²) in [6.07, 6.45) is 0. The fraction of sp³-hybridized carbons (Fsp3) is 0.100. The summed E-state index contributed by atoms with van der Waals surface area (Å²) >= 11 is 3.41. The third-order valence-corrected chi connectivity index (χ3v) is 4.74. The van der Waals surface area contributed by atoms with Gasteiger partial charge in [0, 0.05) is 22.1 Å². The molecule has 0 spiro atoms. The molecule has 1 amide bonds. The van der Waals surface area contributed by atoms with Crippen molar-refractivity contribution in [1.29, 1.82) is 0 Å². The Labute approximate surface area is 148 Å². The minimum Gasteiger partial charge on any atom is -0.291 e. The minimum absolute atomic E-state index is 0.00770. The monoisotopic (exact) mass is 378 g/mol. The lowest BCUT2D eigenvalue weighted by molar-refractivity contribution is 0.0858. The van der Waals surface area contributed by atoms with Crippen molar-refractivity contribution in [3.8, 4) is 0 Å². The maximum Gasteiger partial charge on any atom is 0.259 e. The summed E-state index contributed by atoms with van der Waals surface area (Å²) in [6.45, 7) is 1.26. The molecule has 0 atom stereocenters. The number of hydrogen-bond acceptors (Lipinski definition) is 2. The van der Waals surface area contributed by atoms with E-state index in [1.165, 1.54) is 0 Å². The Kier molecular flexibility index (Phi) is 3.90. The van der Waals surface area contributed by atoms with Crippen molar-refractivity contribution in [2.24, 2.45) is 4.99 Å². The van der Waals surface area contributed by atoms with E-state index < -0.39 is 0 Å². The number of amides is 1. The molecular formula is C20H15BrN2O. The maximum absolute atomic E-state index is 12.9. The van der Waals surface area contributed by atoms with Gasteiger partial charge in [-0.05, 0) is 35.0 Å². The van der Waals surface area contributed by atoms with E-state index in [-0.39, 0.29) is 5.91 Å². The summed E-state index contributed by atoms with van der Waals surface area (Å²) in [5.74, 6) is 0.756. The first-order valence-electron chi connectivity index (χ1n) is 7.84. The van der Waals surface area contributed by atoms with Crippen LogP contribution in [0, 0.1) is 0 Å². The fourth-order valence-corrected chi connectivity index (χ4v) is 3.31. The van der Waals surface area contributed by atoms with E-state index in [1.54, 1.807) is 4.90 Å². The first-order chi connectivity index (χ1) is 11.7. The Bertz CT molecular complexity index is 942. The number of aliphatic imine (C=N–C) groups is 1. The second-order valence-corrected chi connectivity index (χ2v) is 6.61. The molecule has 3 aromatic carbocycles. The summed E-state index contributed by atoms with van der Waals surface area (Å²) in [5, 5.41) is 2.27. The van der Waals surface area contributed by atoms with Gasteiger partial charge in [0.05, 0.1) is 6.54 Å². The molecule has 3 aromatic rings. The van der Waals surface area contributed by atoms with E-state index in [2.05, 4.69) is 39.1 Å². The van der Waals surface area contributed by atoms with Gasteiger partial charge in [-0.3, -0.25) is 14.7 Å². The molecular weight excluding hydrogens is 364 g/mol. The largest absolute Gasteiger partial charge is 0.291 e. The molecule has 0 aliphatic carbocycles. The fourth-order valence-electron chi connectivity index (χ4n) is 3.04. The van der Waals surface area contributed by atoms with Crippen LogP contribution in [0.5, 0.6) is 0 Å². The van der Waals surface area contributed by atoms with Crippen LogP contribution in [-0.4, -0.2) is 29.7 Å². The zero-order valence-corrected chi connectivity index (χ0v) is 14.5. The van der Waals surface area contributed by atoms with E-state index in [0.717, 1.165) is 26.6 Å². The highest BCUT2D eigenvalue weighted by Gasteiger charge is 2.26. The van der Waals surface area contributed by atoms with Gasteiger partial charge in [-0.1, -0.05) is 58.4 Å². The molecule has 0 fully saturated rings. The molecule has 1 aliphatic heterocycles. The number of carbonyl (C=O) groups is 1. The smallest absolute Gasteiger partial charge is 0.259 e. The summed E-state index contributed by atoms with van der Waals surface area (Å²) < 4.78 is 0.961. The van der Waals surface area contributed by atoms with E-state index in [0.29, 0.717) is 18.7 Å². The van der Waals surface area contributed by atoms with Gasteiger partial charge >= 0.3 is 0 Å². The van der Waals surface area contributed by atoms with Crippen molar-refractivity contribution in [3.05, 3.63) is 82.3 Å². The van der Waals surface area contributed by atoms with Crippen LogP contribution in [0.25, 0.3) is 10.8 Å². The third-order valence-electron chi connectivity index (χ3n) is 4.21. The molecule has 0 radical (unpaired) electrons. The van der Waals surface area contributed by atoms with E-state index in [9.17, 15) is 4.79 Å². The van der Waals surface area contributed by atoms with Crippen molar-refractivity contribution in [3.63, 3.8) is 0 Å². The number of rotatable bonds is 2. The second-order valence-electron chi connectivity index (χ2n) is 5.70. The summed E-state index contributed by atoms with van der Waals surface area (Å²) in [6, 6.07) is 21.8. The van der Waals surface area contributed by atoms with Crippen molar-refractivity contribution in [2.45, 2.75) is 0 Å². The second kappa shape index (κ2) is 6.21. The van der Waals surface area contributed by atoms with Crippen molar-refractivity contribution in [1.82, 2.24) is 4.90 Å². The average molecular weight is 379 g/mol. The molecule has 0 N–H and O–H groups in total. The molecule has 0 unspecified atom stereocenters. The van der Waals surface area contributed by atoms with Gasteiger partial charge in [0.2, 0.25) is 0 Å². The Morgan fingerprint density at radius 2 is 1.71 bits per heavy atom. The Morgan fingerprint density at radius 1 is 0.958 bits per heavy atom. The zero-order valence-electron chi connectivity index (χ0n) is 12.9. The van der Waals surface area contributed by atoms with Crippen LogP contribution in [0.15, 0.2) is 76.2 Å². The summed E-state index contributed by atoms with van der Waals surface area (Å²) in [5.41, 5.74) is 1.68. The van der Waals surface area contributed by atoms with Gasteiger partial charge < -0.3 is 0 Å². The Morgan fingerprint density at radius 3 is 2.54 bits per heavy atom. The lowest BCUT2D eigenvalue weighted by Crippen LogP contribution is -2.35. The molecule has 0 bridgehead atoms. The number of hydrogen-bond donors (Lipinski definition) is 0. The van der Waals surface area contributed by atoms with Crippen molar-refractivity contribution in [2.75, 3.05) is 13.1 Å². The van der Waals surface area contributed by atoms with Crippen LogP contribution in [0.2, 0.25) is 0 Å². The lowest BCUT2D eigenvalue weighted by atomic mass is 10.0. The molecule has 0 aromatic heterocycles. The molecule has 3 nitrogen and oxygen atoms in total. The van der Waals surface area contributed by atoms with Crippen LogP contribution in [0.4, 0.5) is 0 Å². The molecule has 4 rings (SSSR count). The highest BCUT2D eigenvalue weighted by Crippen LogP contribution is 2.23. The van der Waals surface area contributed by atoms with Crippen LogP contribution >= 0.6 is 15.9 Å². The SMILES string of the molecule is O=C(c1ccc(Br)cc1)N1CCN=C1c1cccc2ccccc12. The van der Waals surface area contributed by atoms with Gasteiger partial charge in [0.1, 0.15) is 5.84 Å². The quantitative estimate of drug-likeness (QED) is 0.645. The van der Waals surface area contributed by atoms with E-state index in [4.69, 9.17) is 0 Å². The van der Waals surface area contributed by atoms with Gasteiger partial charge in [-0.2, -0.15) is 0 Å². The summed E-state index contributed by atoms with van der Waals surface area (Å²) in [4.78, 5) is 19.3. The number of nitrogens with zero attached hydrogens (tertiary/aromatic N) is 2. The van der Waals surface area contributed by atoms with Gasteiger partial charge in [-0.15, -0.1) is 0 Å². The highest BCUT2D eigenvalue weighted by molar-refractivity contribution is 9.10. The van der Waals surface area contributed by atoms with Gasteiger partial charge in [0.15, 0.2) is 0 Å². The number of halogens is 1.